The molecule has 2 heterocycles. The van der Waals surface area contributed by atoms with E-state index in [1.165, 1.54) is 49.1 Å². The molecule has 2 atom stereocenters. The Morgan fingerprint density at radius 2 is 1.52 bits per heavy atom. The summed E-state index contributed by atoms with van der Waals surface area (Å²) in [4.78, 5) is 18.6. The van der Waals surface area contributed by atoms with Crippen LogP contribution in [0.4, 0.5) is 40.8 Å². The number of pyridine rings is 1. The van der Waals surface area contributed by atoms with Gasteiger partial charge in [0.2, 0.25) is 5.91 Å². The Bertz CT molecular complexity index is 1360. The third kappa shape index (κ3) is 6.35. The molecular weight excluding hydrogens is 550 g/mol. The minimum atomic E-state index is -4.69. The Labute approximate surface area is 223 Å². The van der Waals surface area contributed by atoms with Crippen LogP contribution in [0.3, 0.4) is 0 Å². The standard InChI is InChI=1S/C27H23F8N3O2/c1-25(2,21-7-4-8-22(36-21)27(33,34)35)37-19-14-20(15-5-3-6-18(13-15)40-24(28)29)38(23(19)39)17-11-9-16(10-12-17)26(30,31)32/h3-13,19-20,24,37H,14H2,1-2H3/t19-,20-/m1/s1. The number of halogens is 8. The summed E-state index contributed by atoms with van der Waals surface area (Å²) < 4.78 is 109. The highest BCUT2D eigenvalue weighted by Crippen LogP contribution is 2.41. The minimum Gasteiger partial charge on any atom is -0.435 e. The van der Waals surface area contributed by atoms with Crippen molar-refractivity contribution in [2.24, 2.45) is 0 Å². The van der Waals surface area contributed by atoms with Crippen LogP contribution in [-0.2, 0) is 22.7 Å². The van der Waals surface area contributed by atoms with Gasteiger partial charge in [-0.3, -0.25) is 10.1 Å². The molecule has 1 aliphatic rings. The van der Waals surface area contributed by atoms with Gasteiger partial charge in [-0.25, -0.2) is 4.98 Å². The number of anilines is 1. The Balaban J connectivity index is 1.70. The molecule has 0 unspecified atom stereocenters. The molecule has 1 amide bonds. The Morgan fingerprint density at radius 3 is 2.12 bits per heavy atom. The average molecular weight is 573 g/mol. The lowest BCUT2D eigenvalue weighted by atomic mass is 9.96. The van der Waals surface area contributed by atoms with Gasteiger partial charge in [-0.1, -0.05) is 18.2 Å². The van der Waals surface area contributed by atoms with Crippen LogP contribution < -0.4 is 15.0 Å². The third-order valence-electron chi connectivity index (χ3n) is 6.46. The quantitative estimate of drug-likeness (QED) is 0.307. The van der Waals surface area contributed by atoms with Gasteiger partial charge in [0, 0.05) is 5.69 Å². The molecule has 0 aliphatic carbocycles. The summed E-state index contributed by atoms with van der Waals surface area (Å²) in [6.07, 6.45) is -9.29. The number of rotatable bonds is 7. The molecule has 1 saturated heterocycles. The zero-order valence-corrected chi connectivity index (χ0v) is 21.0. The number of carbonyl (C=O) groups excluding carboxylic acids is 1. The molecule has 40 heavy (non-hydrogen) atoms. The number of hydrogen-bond donors (Lipinski definition) is 1. The smallest absolute Gasteiger partial charge is 0.433 e. The molecular formula is C27H23F8N3O2. The highest BCUT2D eigenvalue weighted by molar-refractivity contribution is 6.00. The van der Waals surface area contributed by atoms with Gasteiger partial charge in [-0.05, 0) is 74.4 Å². The van der Waals surface area contributed by atoms with Crippen molar-refractivity contribution in [2.75, 3.05) is 4.90 Å². The van der Waals surface area contributed by atoms with Crippen LogP contribution >= 0.6 is 0 Å². The highest BCUT2D eigenvalue weighted by atomic mass is 19.4. The number of ether oxygens (including phenoxy) is 1. The maximum absolute atomic E-state index is 13.7. The zero-order valence-electron chi connectivity index (χ0n) is 21.0. The normalized spacial score (nSPS) is 18.5. The first kappa shape index (κ1) is 29.2. The van der Waals surface area contributed by atoms with E-state index in [2.05, 4.69) is 15.0 Å². The molecule has 1 aromatic heterocycles. The van der Waals surface area contributed by atoms with Crippen molar-refractivity contribution in [3.8, 4) is 5.75 Å². The predicted molar refractivity (Wildman–Crippen MR) is 129 cm³/mol. The van der Waals surface area contributed by atoms with Gasteiger partial charge in [-0.2, -0.15) is 35.1 Å². The first-order valence-electron chi connectivity index (χ1n) is 11.9. The van der Waals surface area contributed by atoms with Crippen molar-refractivity contribution in [3.05, 3.63) is 89.2 Å². The first-order chi connectivity index (χ1) is 18.6. The van der Waals surface area contributed by atoms with E-state index in [4.69, 9.17) is 0 Å². The van der Waals surface area contributed by atoms with Gasteiger partial charge >= 0.3 is 19.0 Å². The van der Waals surface area contributed by atoms with Crippen LogP contribution in [0.25, 0.3) is 0 Å². The number of carbonyl (C=O) groups is 1. The lowest BCUT2D eigenvalue weighted by Gasteiger charge is -2.29. The summed E-state index contributed by atoms with van der Waals surface area (Å²) in [5, 5.41) is 3.03. The van der Waals surface area contributed by atoms with E-state index in [9.17, 15) is 39.9 Å². The van der Waals surface area contributed by atoms with E-state index in [-0.39, 0.29) is 23.6 Å². The predicted octanol–water partition coefficient (Wildman–Crippen LogP) is 7.09. The van der Waals surface area contributed by atoms with Gasteiger partial charge < -0.3 is 9.64 Å². The molecule has 1 aliphatic heterocycles. The second-order valence-electron chi connectivity index (χ2n) is 9.68. The number of amides is 1. The fourth-order valence-corrected chi connectivity index (χ4v) is 4.62. The maximum Gasteiger partial charge on any atom is 0.433 e. The molecule has 0 bridgehead atoms. The van der Waals surface area contributed by atoms with Crippen LogP contribution in [0.1, 0.15) is 48.8 Å². The summed E-state index contributed by atoms with van der Waals surface area (Å²) in [6, 6.07) is 11.0. The molecule has 0 spiro atoms. The van der Waals surface area contributed by atoms with E-state index in [0.29, 0.717) is 5.56 Å². The fourth-order valence-electron chi connectivity index (χ4n) is 4.62. The molecule has 1 fully saturated rings. The molecule has 13 heteroatoms. The second kappa shape index (κ2) is 10.7. The van der Waals surface area contributed by atoms with Gasteiger partial charge in [0.1, 0.15) is 11.4 Å². The molecule has 0 radical (unpaired) electrons. The van der Waals surface area contributed by atoms with Crippen molar-refractivity contribution in [1.82, 2.24) is 10.3 Å². The molecule has 1 N–H and O–H groups in total. The average Bonchev–Trinajstić information content (AvgIpc) is 3.18. The molecule has 2 aromatic carbocycles. The Hall–Kier alpha value is -3.74. The van der Waals surface area contributed by atoms with Gasteiger partial charge in [0.05, 0.1) is 28.9 Å². The number of aromatic nitrogens is 1. The van der Waals surface area contributed by atoms with Crippen LogP contribution in [0, 0.1) is 0 Å². The monoisotopic (exact) mass is 573 g/mol. The third-order valence-corrected chi connectivity index (χ3v) is 6.46. The van der Waals surface area contributed by atoms with E-state index < -0.39 is 53.8 Å². The largest absolute Gasteiger partial charge is 0.435 e. The lowest BCUT2D eigenvalue weighted by molar-refractivity contribution is -0.141. The van der Waals surface area contributed by atoms with Crippen LogP contribution in [0.2, 0.25) is 0 Å². The van der Waals surface area contributed by atoms with E-state index in [1.807, 2.05) is 0 Å². The van der Waals surface area contributed by atoms with Gasteiger partial charge in [0.15, 0.2) is 0 Å². The first-order valence-corrected chi connectivity index (χ1v) is 11.9. The number of nitrogens with one attached hydrogen (secondary N) is 1. The van der Waals surface area contributed by atoms with Crippen LogP contribution in [-0.4, -0.2) is 23.5 Å². The maximum atomic E-state index is 13.7. The molecule has 0 saturated carbocycles. The highest BCUT2D eigenvalue weighted by Gasteiger charge is 2.44. The molecule has 214 valence electrons. The summed E-state index contributed by atoms with van der Waals surface area (Å²) in [7, 11) is 0. The van der Waals surface area contributed by atoms with Crippen molar-refractivity contribution in [1.29, 1.82) is 0 Å². The van der Waals surface area contributed by atoms with Gasteiger partial charge in [-0.15, -0.1) is 0 Å². The fraction of sp³-hybridized carbons (Fsp3) is 0.333. The molecule has 5 nitrogen and oxygen atoms in total. The van der Waals surface area contributed by atoms with Crippen molar-refractivity contribution in [2.45, 2.75) is 56.9 Å². The number of alkyl halides is 8. The second-order valence-corrected chi connectivity index (χ2v) is 9.68. The van der Waals surface area contributed by atoms with Crippen LogP contribution in [0.15, 0.2) is 66.7 Å². The van der Waals surface area contributed by atoms with Crippen molar-refractivity contribution >= 4 is 11.6 Å². The van der Waals surface area contributed by atoms with E-state index in [0.717, 1.165) is 30.3 Å². The number of hydrogen-bond acceptors (Lipinski definition) is 4. The van der Waals surface area contributed by atoms with Crippen molar-refractivity contribution < 1.29 is 44.7 Å². The van der Waals surface area contributed by atoms with Crippen LogP contribution in [0.5, 0.6) is 5.75 Å². The summed E-state index contributed by atoms with van der Waals surface area (Å²) in [5.74, 6) is -0.762. The van der Waals surface area contributed by atoms with E-state index in [1.54, 1.807) is 6.07 Å². The van der Waals surface area contributed by atoms with Crippen molar-refractivity contribution in [3.63, 3.8) is 0 Å². The number of benzene rings is 2. The zero-order chi connectivity index (χ0) is 29.5. The Morgan fingerprint density at radius 1 is 0.900 bits per heavy atom. The topological polar surface area (TPSA) is 54.5 Å². The number of nitrogens with zero attached hydrogens (tertiary/aromatic N) is 2. The lowest BCUT2D eigenvalue weighted by Crippen LogP contribution is -2.48. The Kier molecular flexibility index (Phi) is 7.81. The van der Waals surface area contributed by atoms with Gasteiger partial charge in [0.25, 0.3) is 0 Å². The minimum absolute atomic E-state index is 0.00647. The molecule has 4 rings (SSSR count). The SMILES string of the molecule is CC(C)(N[C@@H]1C[C@H](c2cccc(OC(F)F)c2)N(c2ccc(C(F)(F)F)cc2)C1=O)c1cccc(C(F)(F)F)n1. The summed E-state index contributed by atoms with van der Waals surface area (Å²) in [5.41, 5.74) is -2.81. The van der Waals surface area contributed by atoms with E-state index >= 15 is 0 Å². The summed E-state index contributed by atoms with van der Waals surface area (Å²) >= 11 is 0. The molecule has 3 aromatic rings. The summed E-state index contributed by atoms with van der Waals surface area (Å²) in [6.45, 7) is -0.0349.